The molecule has 0 saturated heterocycles. The fraction of sp³-hybridized carbons (Fsp3) is 0.400. The van der Waals surface area contributed by atoms with Crippen molar-refractivity contribution in [1.29, 1.82) is 0 Å². The summed E-state index contributed by atoms with van der Waals surface area (Å²) >= 11 is 0. The highest BCUT2D eigenvalue weighted by Gasteiger charge is 2.09. The Labute approximate surface area is 118 Å². The highest BCUT2D eigenvalue weighted by Crippen LogP contribution is 2.19. The Bertz CT molecular complexity index is 533. The lowest BCUT2D eigenvalue weighted by Crippen LogP contribution is -1.97. The lowest BCUT2D eigenvalue weighted by Gasteiger charge is -2.05. The van der Waals surface area contributed by atoms with Gasteiger partial charge in [0.25, 0.3) is 0 Å². The molecule has 1 aromatic carbocycles. The second-order valence-corrected chi connectivity index (χ2v) is 4.28. The molecule has 0 bridgehead atoms. The molecule has 1 aromatic heterocycles. The van der Waals surface area contributed by atoms with Crippen LogP contribution in [0.15, 0.2) is 28.7 Å². The number of oxazole rings is 1. The first-order valence-electron chi connectivity index (χ1n) is 6.64. The molecule has 0 aliphatic heterocycles. The number of hydrogen-bond donors (Lipinski definition) is 1. The number of benzene rings is 1. The Morgan fingerprint density at radius 2 is 1.80 bits per heavy atom. The summed E-state index contributed by atoms with van der Waals surface area (Å²) in [5.41, 5.74) is 0.776. The standard InChI is InChI=1S/C15H19NO4/c1-3-18-12-4-6-13(7-5-12)19-10-15-16-14(8-9-17)11(2)20-15/h4-7,17H,3,8-10H2,1-2H3. The van der Waals surface area contributed by atoms with Crippen molar-refractivity contribution in [2.24, 2.45) is 0 Å². The van der Waals surface area contributed by atoms with E-state index < -0.39 is 0 Å². The van der Waals surface area contributed by atoms with Crippen molar-refractivity contribution in [3.63, 3.8) is 0 Å². The summed E-state index contributed by atoms with van der Waals surface area (Å²) in [6.07, 6.45) is 0.498. The van der Waals surface area contributed by atoms with Crippen LogP contribution >= 0.6 is 0 Å². The van der Waals surface area contributed by atoms with E-state index in [1.165, 1.54) is 0 Å². The van der Waals surface area contributed by atoms with Gasteiger partial charge in [0.2, 0.25) is 5.89 Å². The van der Waals surface area contributed by atoms with Crippen LogP contribution in [0.3, 0.4) is 0 Å². The van der Waals surface area contributed by atoms with Crippen LogP contribution in [-0.2, 0) is 13.0 Å². The molecule has 0 spiro atoms. The summed E-state index contributed by atoms with van der Waals surface area (Å²) in [6.45, 7) is 4.74. The van der Waals surface area contributed by atoms with E-state index in [1.807, 2.05) is 38.1 Å². The molecule has 2 aromatic rings. The Morgan fingerprint density at radius 1 is 1.15 bits per heavy atom. The average Bonchev–Trinajstić information content (AvgIpc) is 2.80. The quantitative estimate of drug-likeness (QED) is 0.842. The number of aryl methyl sites for hydroxylation is 1. The van der Waals surface area contributed by atoms with Crippen molar-refractivity contribution in [3.8, 4) is 11.5 Å². The first kappa shape index (κ1) is 14.4. The maximum absolute atomic E-state index is 8.91. The zero-order valence-electron chi connectivity index (χ0n) is 11.8. The van der Waals surface area contributed by atoms with E-state index in [1.54, 1.807) is 0 Å². The van der Waals surface area contributed by atoms with Gasteiger partial charge in [-0.25, -0.2) is 4.98 Å². The van der Waals surface area contributed by atoms with Crippen molar-refractivity contribution in [2.45, 2.75) is 26.9 Å². The van der Waals surface area contributed by atoms with Gasteiger partial charge in [0.05, 0.1) is 12.3 Å². The zero-order valence-corrected chi connectivity index (χ0v) is 11.8. The molecule has 1 heterocycles. The van der Waals surface area contributed by atoms with E-state index in [-0.39, 0.29) is 13.2 Å². The van der Waals surface area contributed by atoms with Crippen LogP contribution in [0.25, 0.3) is 0 Å². The van der Waals surface area contributed by atoms with E-state index in [9.17, 15) is 0 Å². The molecule has 0 unspecified atom stereocenters. The summed E-state index contributed by atoms with van der Waals surface area (Å²) in [7, 11) is 0. The van der Waals surface area contributed by atoms with Crippen LogP contribution in [0, 0.1) is 6.92 Å². The first-order valence-corrected chi connectivity index (χ1v) is 6.64. The lowest BCUT2D eigenvalue weighted by molar-refractivity contribution is 0.260. The molecule has 0 aliphatic carbocycles. The van der Waals surface area contributed by atoms with Crippen LogP contribution in [0.1, 0.15) is 24.3 Å². The third-order valence-electron chi connectivity index (χ3n) is 2.78. The van der Waals surface area contributed by atoms with E-state index >= 15 is 0 Å². The highest BCUT2D eigenvalue weighted by molar-refractivity contribution is 5.31. The Balaban J connectivity index is 1.92. The van der Waals surface area contributed by atoms with Gasteiger partial charge in [-0.3, -0.25) is 0 Å². The third kappa shape index (κ3) is 3.74. The minimum absolute atomic E-state index is 0.0621. The number of aromatic nitrogens is 1. The largest absolute Gasteiger partial charge is 0.494 e. The highest BCUT2D eigenvalue weighted by atomic mass is 16.5. The van der Waals surface area contributed by atoms with Gasteiger partial charge in [-0.15, -0.1) is 0 Å². The molecule has 0 fully saturated rings. The Hall–Kier alpha value is -2.01. The molecule has 0 amide bonds. The molecule has 20 heavy (non-hydrogen) atoms. The maximum atomic E-state index is 8.91. The molecule has 0 saturated carbocycles. The molecule has 0 atom stereocenters. The lowest BCUT2D eigenvalue weighted by atomic mass is 10.3. The van der Waals surface area contributed by atoms with E-state index in [4.69, 9.17) is 19.0 Å². The summed E-state index contributed by atoms with van der Waals surface area (Å²) in [6, 6.07) is 7.40. The van der Waals surface area contributed by atoms with Crippen LogP contribution in [0.4, 0.5) is 0 Å². The van der Waals surface area contributed by atoms with Crippen LogP contribution in [-0.4, -0.2) is 23.3 Å². The van der Waals surface area contributed by atoms with Gasteiger partial charge in [-0.05, 0) is 38.1 Å². The SMILES string of the molecule is CCOc1ccc(OCc2nc(CCO)c(C)o2)cc1. The van der Waals surface area contributed by atoms with Crippen molar-refractivity contribution < 1.29 is 19.0 Å². The second-order valence-electron chi connectivity index (χ2n) is 4.28. The van der Waals surface area contributed by atoms with Crippen LogP contribution < -0.4 is 9.47 Å². The van der Waals surface area contributed by atoms with Gasteiger partial charge in [-0.2, -0.15) is 0 Å². The van der Waals surface area contributed by atoms with Crippen molar-refractivity contribution in [2.75, 3.05) is 13.2 Å². The summed E-state index contributed by atoms with van der Waals surface area (Å²) in [4.78, 5) is 4.29. The van der Waals surface area contributed by atoms with E-state index in [2.05, 4.69) is 4.98 Å². The minimum atomic E-state index is 0.0621. The molecular weight excluding hydrogens is 258 g/mol. The number of aliphatic hydroxyl groups is 1. The third-order valence-corrected chi connectivity index (χ3v) is 2.78. The smallest absolute Gasteiger partial charge is 0.232 e. The van der Waals surface area contributed by atoms with Crippen molar-refractivity contribution in [1.82, 2.24) is 4.98 Å². The number of ether oxygens (including phenoxy) is 2. The van der Waals surface area contributed by atoms with Gasteiger partial charge in [0, 0.05) is 13.0 Å². The zero-order chi connectivity index (χ0) is 14.4. The fourth-order valence-electron chi connectivity index (χ4n) is 1.83. The monoisotopic (exact) mass is 277 g/mol. The van der Waals surface area contributed by atoms with E-state index in [0.717, 1.165) is 23.0 Å². The Morgan fingerprint density at radius 3 is 2.40 bits per heavy atom. The van der Waals surface area contributed by atoms with Gasteiger partial charge in [0.15, 0.2) is 6.61 Å². The van der Waals surface area contributed by atoms with Gasteiger partial charge in [0.1, 0.15) is 17.3 Å². The molecule has 2 rings (SSSR count). The molecular formula is C15H19NO4. The molecule has 5 heteroatoms. The predicted molar refractivity (Wildman–Crippen MR) is 74.0 cm³/mol. The van der Waals surface area contributed by atoms with Gasteiger partial charge in [-0.1, -0.05) is 0 Å². The summed E-state index contributed by atoms with van der Waals surface area (Å²) < 4.78 is 16.4. The first-order chi connectivity index (χ1) is 9.72. The molecule has 0 aliphatic rings. The van der Waals surface area contributed by atoms with E-state index in [0.29, 0.717) is 18.9 Å². The van der Waals surface area contributed by atoms with Crippen LogP contribution in [0.5, 0.6) is 11.5 Å². The maximum Gasteiger partial charge on any atom is 0.232 e. The summed E-state index contributed by atoms with van der Waals surface area (Å²) in [5, 5.41) is 8.91. The molecule has 0 radical (unpaired) electrons. The van der Waals surface area contributed by atoms with Gasteiger partial charge < -0.3 is 19.0 Å². The number of nitrogens with zero attached hydrogens (tertiary/aromatic N) is 1. The molecule has 1 N–H and O–H groups in total. The topological polar surface area (TPSA) is 64.7 Å². The van der Waals surface area contributed by atoms with Crippen molar-refractivity contribution >= 4 is 0 Å². The van der Waals surface area contributed by atoms with Crippen LogP contribution in [0.2, 0.25) is 0 Å². The number of hydrogen-bond acceptors (Lipinski definition) is 5. The normalized spacial score (nSPS) is 10.6. The Kier molecular flexibility index (Phi) is 5.01. The number of rotatable bonds is 7. The van der Waals surface area contributed by atoms with Gasteiger partial charge >= 0.3 is 0 Å². The van der Waals surface area contributed by atoms with Crippen molar-refractivity contribution in [3.05, 3.63) is 41.6 Å². The second kappa shape index (κ2) is 6.96. The summed E-state index contributed by atoms with van der Waals surface area (Å²) in [5.74, 6) is 2.79. The predicted octanol–water partition coefficient (Wildman–Crippen LogP) is 2.50. The minimum Gasteiger partial charge on any atom is -0.494 e. The average molecular weight is 277 g/mol. The molecule has 5 nitrogen and oxygen atoms in total. The number of aliphatic hydroxyl groups excluding tert-OH is 1. The fourth-order valence-corrected chi connectivity index (χ4v) is 1.83. The molecule has 108 valence electrons.